The van der Waals surface area contributed by atoms with Gasteiger partial charge >= 0.3 is 6.16 Å². The fourth-order valence-electron chi connectivity index (χ4n) is 2.60. The molecule has 0 spiro atoms. The lowest BCUT2D eigenvalue weighted by Crippen LogP contribution is -2.15. The Kier molecular flexibility index (Phi) is 3.82. The lowest BCUT2D eigenvalue weighted by Gasteiger charge is -2.22. The van der Waals surface area contributed by atoms with Gasteiger partial charge in [0.25, 0.3) is 0 Å². The van der Waals surface area contributed by atoms with Crippen molar-refractivity contribution in [3.8, 4) is 16.9 Å². The van der Waals surface area contributed by atoms with E-state index in [4.69, 9.17) is 16.3 Å². The van der Waals surface area contributed by atoms with Crippen LogP contribution in [-0.2, 0) is 20.3 Å². The van der Waals surface area contributed by atoms with Gasteiger partial charge in [-0.3, -0.25) is 0 Å². The number of aryl methyl sites for hydroxylation is 1. The largest absolute Gasteiger partial charge is 0.513 e. The van der Waals surface area contributed by atoms with Crippen molar-refractivity contribution in [3.05, 3.63) is 46.5 Å². The number of methoxy groups -OCH3 is 1. The van der Waals surface area contributed by atoms with E-state index in [1.165, 1.54) is 13.2 Å². The zero-order valence-electron chi connectivity index (χ0n) is 12.4. The summed E-state index contributed by atoms with van der Waals surface area (Å²) in [5, 5.41) is 0.421. The van der Waals surface area contributed by atoms with Crippen LogP contribution in [0.5, 0.6) is 5.75 Å². The average Bonchev–Trinajstić information content (AvgIpc) is 2.49. The van der Waals surface area contributed by atoms with Gasteiger partial charge in [-0.05, 0) is 35.7 Å². The second kappa shape index (κ2) is 5.54. The highest BCUT2D eigenvalue weighted by Gasteiger charge is 2.30. The van der Waals surface area contributed by atoms with Crippen LogP contribution in [0.15, 0.2) is 35.2 Å². The molecule has 3 rings (SSSR count). The Bertz CT molecular complexity index is 918. The minimum Gasteiger partial charge on any atom is -0.437 e. The molecule has 0 unspecified atom stereocenters. The molecule has 0 aromatic heterocycles. The van der Waals surface area contributed by atoms with Crippen molar-refractivity contribution in [1.29, 1.82) is 0 Å². The second-order valence-corrected chi connectivity index (χ2v) is 7.56. The SMILES string of the molecule is COC(=O)Oc1cc2c(cc1C)-c1cccc(Cl)c1CS2(=O)=O. The van der Waals surface area contributed by atoms with Crippen LogP contribution >= 0.6 is 11.6 Å². The van der Waals surface area contributed by atoms with Crippen LogP contribution in [0.25, 0.3) is 11.1 Å². The molecule has 0 atom stereocenters. The molecule has 1 aliphatic rings. The van der Waals surface area contributed by atoms with Gasteiger partial charge in [-0.2, -0.15) is 0 Å². The number of fused-ring (bicyclic) bond motifs is 3. The molecule has 2 aromatic carbocycles. The Balaban J connectivity index is 2.25. The van der Waals surface area contributed by atoms with Gasteiger partial charge in [0.05, 0.1) is 17.8 Å². The summed E-state index contributed by atoms with van der Waals surface area (Å²) >= 11 is 6.14. The number of hydrogen-bond acceptors (Lipinski definition) is 5. The number of benzene rings is 2. The van der Waals surface area contributed by atoms with Crippen molar-refractivity contribution in [2.75, 3.05) is 7.11 Å². The summed E-state index contributed by atoms with van der Waals surface area (Å²) in [5.41, 5.74) is 2.54. The topological polar surface area (TPSA) is 69.7 Å². The van der Waals surface area contributed by atoms with Gasteiger partial charge in [0.2, 0.25) is 0 Å². The Morgan fingerprint density at radius 3 is 2.65 bits per heavy atom. The van der Waals surface area contributed by atoms with Crippen LogP contribution in [-0.4, -0.2) is 21.7 Å². The third kappa shape index (κ3) is 2.68. The number of carbonyl (C=O) groups excluding carboxylic acids is 1. The van der Waals surface area contributed by atoms with Crippen LogP contribution in [0.2, 0.25) is 5.02 Å². The van der Waals surface area contributed by atoms with Gasteiger partial charge in [0, 0.05) is 16.7 Å². The molecular formula is C16H13ClO5S. The summed E-state index contributed by atoms with van der Waals surface area (Å²) in [7, 11) is -2.39. The van der Waals surface area contributed by atoms with Crippen LogP contribution in [0.4, 0.5) is 4.79 Å². The molecule has 0 fully saturated rings. The van der Waals surface area contributed by atoms with Crippen LogP contribution in [0.3, 0.4) is 0 Å². The highest BCUT2D eigenvalue weighted by molar-refractivity contribution is 7.91. The van der Waals surface area contributed by atoms with Crippen molar-refractivity contribution >= 4 is 27.6 Å². The molecule has 23 heavy (non-hydrogen) atoms. The molecule has 0 aliphatic carbocycles. The maximum atomic E-state index is 12.6. The minimum absolute atomic E-state index is 0.122. The van der Waals surface area contributed by atoms with E-state index in [-0.39, 0.29) is 16.4 Å². The molecule has 0 saturated heterocycles. The molecule has 0 bridgehead atoms. The predicted octanol–water partition coefficient (Wildman–Crippen LogP) is 3.75. The summed E-state index contributed by atoms with van der Waals surface area (Å²) in [6.07, 6.45) is -0.898. The standard InChI is InChI=1S/C16H13ClO5S/c1-9-6-11-10-4-3-5-13(17)12(10)8-23(19,20)15(11)7-14(9)22-16(18)21-2/h3-7H,8H2,1-2H3. The van der Waals surface area contributed by atoms with Crippen molar-refractivity contribution in [2.24, 2.45) is 0 Å². The molecule has 0 saturated carbocycles. The summed E-state index contributed by atoms with van der Waals surface area (Å²) in [6.45, 7) is 1.73. The zero-order valence-corrected chi connectivity index (χ0v) is 14.0. The van der Waals surface area contributed by atoms with E-state index in [0.29, 0.717) is 21.7 Å². The third-order valence-corrected chi connectivity index (χ3v) is 5.75. The first-order valence-electron chi connectivity index (χ1n) is 6.74. The highest BCUT2D eigenvalue weighted by Crippen LogP contribution is 2.43. The number of hydrogen-bond donors (Lipinski definition) is 0. The molecule has 7 heteroatoms. The fraction of sp³-hybridized carbons (Fsp3) is 0.188. The number of ether oxygens (including phenoxy) is 2. The van der Waals surface area contributed by atoms with Crippen molar-refractivity contribution in [3.63, 3.8) is 0 Å². The summed E-state index contributed by atoms with van der Waals surface area (Å²) in [6, 6.07) is 8.31. The lowest BCUT2D eigenvalue weighted by atomic mass is 9.98. The van der Waals surface area contributed by atoms with E-state index < -0.39 is 16.0 Å². The smallest absolute Gasteiger partial charge is 0.437 e. The summed E-state index contributed by atoms with van der Waals surface area (Å²) in [4.78, 5) is 11.4. The van der Waals surface area contributed by atoms with E-state index in [1.807, 2.05) is 6.07 Å². The quantitative estimate of drug-likeness (QED) is 0.577. The molecule has 120 valence electrons. The van der Waals surface area contributed by atoms with E-state index >= 15 is 0 Å². The molecule has 0 radical (unpaired) electrons. The molecule has 0 N–H and O–H groups in total. The molecule has 0 amide bonds. The first kappa shape index (κ1) is 15.8. The van der Waals surface area contributed by atoms with Crippen molar-refractivity contribution < 1.29 is 22.7 Å². The van der Waals surface area contributed by atoms with Gasteiger partial charge in [0.1, 0.15) is 5.75 Å². The van der Waals surface area contributed by atoms with Gasteiger partial charge in [-0.1, -0.05) is 23.7 Å². The number of rotatable bonds is 1. The maximum Gasteiger partial charge on any atom is 0.513 e. The molecule has 1 aliphatic heterocycles. The summed E-state index contributed by atoms with van der Waals surface area (Å²) < 4.78 is 34.6. The monoisotopic (exact) mass is 352 g/mol. The first-order chi connectivity index (χ1) is 10.8. The lowest BCUT2D eigenvalue weighted by molar-refractivity contribution is 0.121. The Hall–Kier alpha value is -2.05. The van der Waals surface area contributed by atoms with Crippen LogP contribution < -0.4 is 4.74 Å². The Labute approximate surface area is 138 Å². The molecule has 5 nitrogen and oxygen atoms in total. The minimum atomic E-state index is -3.58. The molecular weight excluding hydrogens is 340 g/mol. The number of sulfone groups is 1. The van der Waals surface area contributed by atoms with Crippen molar-refractivity contribution in [2.45, 2.75) is 17.6 Å². The second-order valence-electron chi connectivity index (χ2n) is 5.20. The molecule has 2 aromatic rings. The summed E-state index contributed by atoms with van der Waals surface area (Å²) in [5.74, 6) is -0.0277. The average molecular weight is 353 g/mol. The van der Waals surface area contributed by atoms with Gasteiger partial charge in [0.15, 0.2) is 9.84 Å². The third-order valence-electron chi connectivity index (χ3n) is 3.72. The van der Waals surface area contributed by atoms with Gasteiger partial charge < -0.3 is 9.47 Å². The Morgan fingerprint density at radius 2 is 1.96 bits per heavy atom. The fourth-order valence-corrected chi connectivity index (χ4v) is 4.56. The van der Waals surface area contributed by atoms with Crippen LogP contribution in [0, 0.1) is 6.92 Å². The van der Waals surface area contributed by atoms with E-state index in [0.717, 1.165) is 5.56 Å². The normalized spacial score (nSPS) is 14.6. The zero-order chi connectivity index (χ0) is 16.8. The first-order valence-corrected chi connectivity index (χ1v) is 8.77. The maximum absolute atomic E-state index is 12.6. The van der Waals surface area contributed by atoms with Crippen LogP contribution in [0.1, 0.15) is 11.1 Å². The van der Waals surface area contributed by atoms with Gasteiger partial charge in [-0.15, -0.1) is 0 Å². The number of carbonyl (C=O) groups is 1. The van der Waals surface area contributed by atoms with E-state index in [2.05, 4.69) is 4.74 Å². The highest BCUT2D eigenvalue weighted by atomic mass is 35.5. The van der Waals surface area contributed by atoms with Crippen molar-refractivity contribution in [1.82, 2.24) is 0 Å². The molecule has 1 heterocycles. The van der Waals surface area contributed by atoms with Gasteiger partial charge in [-0.25, -0.2) is 13.2 Å². The van der Waals surface area contributed by atoms with E-state index in [9.17, 15) is 13.2 Å². The Morgan fingerprint density at radius 1 is 1.22 bits per heavy atom. The van der Waals surface area contributed by atoms with E-state index in [1.54, 1.807) is 25.1 Å². The predicted molar refractivity (Wildman–Crippen MR) is 85.5 cm³/mol. The number of halogens is 1.